The number of likely N-dealkylation sites (N-methyl/N-ethyl adjacent to an activating group) is 1. The minimum absolute atomic E-state index is 0.207. The van der Waals surface area contributed by atoms with Crippen molar-refractivity contribution in [1.29, 1.82) is 0 Å². The minimum atomic E-state index is -0.207. The van der Waals surface area contributed by atoms with Crippen LogP contribution in [0, 0.1) is 0 Å². The highest BCUT2D eigenvalue weighted by atomic mass is 35.5. The van der Waals surface area contributed by atoms with Crippen molar-refractivity contribution in [2.75, 3.05) is 19.6 Å². The number of aromatic amines is 1. The molecule has 0 atom stereocenters. The maximum Gasteiger partial charge on any atom is 0.267 e. The van der Waals surface area contributed by atoms with Gasteiger partial charge in [-0.15, -0.1) is 0 Å². The zero-order valence-electron chi connectivity index (χ0n) is 8.36. The van der Waals surface area contributed by atoms with Gasteiger partial charge in [-0.05, 0) is 12.6 Å². The second-order valence-electron chi connectivity index (χ2n) is 2.95. The van der Waals surface area contributed by atoms with E-state index in [2.05, 4.69) is 15.6 Å². The number of hydrogen-bond donors (Lipinski definition) is 3. The van der Waals surface area contributed by atoms with Crippen LogP contribution in [-0.4, -0.2) is 30.5 Å². The molecule has 0 aliphatic rings. The molecule has 0 aromatic carbocycles. The SMILES string of the molecule is CCNCCNC(=O)c1cc(Cl)c(Cl)[nH]1. The topological polar surface area (TPSA) is 56.9 Å². The molecule has 1 rings (SSSR count). The van der Waals surface area contributed by atoms with Crippen LogP contribution >= 0.6 is 23.2 Å². The Labute approximate surface area is 98.3 Å². The van der Waals surface area contributed by atoms with Gasteiger partial charge in [-0.2, -0.15) is 0 Å². The van der Waals surface area contributed by atoms with Gasteiger partial charge in [0.05, 0.1) is 5.02 Å². The van der Waals surface area contributed by atoms with Gasteiger partial charge in [0.25, 0.3) is 5.91 Å². The lowest BCUT2D eigenvalue weighted by molar-refractivity contribution is 0.0949. The summed E-state index contributed by atoms with van der Waals surface area (Å²) in [4.78, 5) is 14.2. The number of halogens is 2. The third-order valence-electron chi connectivity index (χ3n) is 1.81. The van der Waals surface area contributed by atoms with E-state index in [1.54, 1.807) is 0 Å². The number of amides is 1. The maximum atomic E-state index is 11.5. The fourth-order valence-corrected chi connectivity index (χ4v) is 1.38. The summed E-state index contributed by atoms with van der Waals surface area (Å²) in [5.74, 6) is -0.207. The Morgan fingerprint density at radius 3 is 2.73 bits per heavy atom. The van der Waals surface area contributed by atoms with Crippen LogP contribution in [0.3, 0.4) is 0 Å². The van der Waals surface area contributed by atoms with Crippen molar-refractivity contribution >= 4 is 29.1 Å². The average molecular weight is 250 g/mol. The van der Waals surface area contributed by atoms with Crippen LogP contribution in [0.1, 0.15) is 17.4 Å². The summed E-state index contributed by atoms with van der Waals surface area (Å²) >= 11 is 11.4. The van der Waals surface area contributed by atoms with Crippen molar-refractivity contribution in [2.45, 2.75) is 6.92 Å². The number of H-pyrrole nitrogens is 1. The van der Waals surface area contributed by atoms with Crippen LogP contribution in [0.5, 0.6) is 0 Å². The summed E-state index contributed by atoms with van der Waals surface area (Å²) in [6.45, 7) is 4.20. The molecule has 15 heavy (non-hydrogen) atoms. The van der Waals surface area contributed by atoms with E-state index in [0.29, 0.717) is 17.3 Å². The molecule has 84 valence electrons. The summed E-state index contributed by atoms with van der Waals surface area (Å²) < 4.78 is 0. The zero-order valence-corrected chi connectivity index (χ0v) is 9.87. The standard InChI is InChI=1S/C9H13Cl2N3O/c1-2-12-3-4-13-9(15)7-5-6(10)8(11)14-7/h5,12,14H,2-4H2,1H3,(H,13,15). The second kappa shape index (κ2) is 6.00. The Hall–Kier alpha value is -0.710. The molecule has 0 saturated heterocycles. The molecule has 0 bridgehead atoms. The largest absolute Gasteiger partial charge is 0.349 e. The van der Waals surface area contributed by atoms with Crippen LogP contribution in [-0.2, 0) is 0 Å². The van der Waals surface area contributed by atoms with Crippen molar-refractivity contribution in [2.24, 2.45) is 0 Å². The van der Waals surface area contributed by atoms with Crippen molar-refractivity contribution in [3.05, 3.63) is 21.9 Å². The van der Waals surface area contributed by atoms with Gasteiger partial charge < -0.3 is 15.6 Å². The van der Waals surface area contributed by atoms with Crippen LogP contribution < -0.4 is 10.6 Å². The molecule has 1 amide bonds. The number of hydrogen-bond acceptors (Lipinski definition) is 2. The minimum Gasteiger partial charge on any atom is -0.349 e. The lowest BCUT2D eigenvalue weighted by Crippen LogP contribution is -2.31. The summed E-state index contributed by atoms with van der Waals surface area (Å²) in [5.41, 5.74) is 0.376. The van der Waals surface area contributed by atoms with Crippen LogP contribution in [0.25, 0.3) is 0 Å². The first-order chi connectivity index (χ1) is 7.15. The molecule has 1 aromatic rings. The lowest BCUT2D eigenvalue weighted by Gasteiger charge is -2.03. The molecule has 0 unspecified atom stereocenters. The van der Waals surface area contributed by atoms with E-state index in [-0.39, 0.29) is 11.1 Å². The van der Waals surface area contributed by atoms with Gasteiger partial charge in [-0.3, -0.25) is 4.79 Å². The van der Waals surface area contributed by atoms with E-state index in [4.69, 9.17) is 23.2 Å². The quantitative estimate of drug-likeness (QED) is 0.696. The molecule has 1 heterocycles. The third kappa shape index (κ3) is 3.74. The Morgan fingerprint density at radius 2 is 2.20 bits per heavy atom. The molecule has 4 nitrogen and oxygen atoms in total. The monoisotopic (exact) mass is 249 g/mol. The highest BCUT2D eigenvalue weighted by Gasteiger charge is 2.10. The molecule has 3 N–H and O–H groups in total. The normalized spacial score (nSPS) is 10.3. The van der Waals surface area contributed by atoms with E-state index in [1.807, 2.05) is 6.92 Å². The molecule has 0 saturated carbocycles. The van der Waals surface area contributed by atoms with Gasteiger partial charge in [0.2, 0.25) is 0 Å². The fraction of sp³-hybridized carbons (Fsp3) is 0.444. The first-order valence-electron chi connectivity index (χ1n) is 4.68. The van der Waals surface area contributed by atoms with Crippen molar-refractivity contribution in [1.82, 2.24) is 15.6 Å². The molecular formula is C9H13Cl2N3O. The molecule has 0 radical (unpaired) electrons. The third-order valence-corrected chi connectivity index (χ3v) is 2.50. The highest BCUT2D eigenvalue weighted by Crippen LogP contribution is 2.21. The number of carbonyl (C=O) groups excluding carboxylic acids is 1. The number of rotatable bonds is 5. The van der Waals surface area contributed by atoms with Gasteiger partial charge in [0.15, 0.2) is 0 Å². The first kappa shape index (κ1) is 12.4. The molecule has 0 spiro atoms. The summed E-state index contributed by atoms with van der Waals surface area (Å²) in [7, 11) is 0. The number of nitrogens with one attached hydrogen (secondary N) is 3. The summed E-state index contributed by atoms with van der Waals surface area (Å²) in [5, 5.41) is 6.46. The van der Waals surface area contributed by atoms with Crippen molar-refractivity contribution in [3.8, 4) is 0 Å². The van der Waals surface area contributed by atoms with Gasteiger partial charge in [-0.1, -0.05) is 30.1 Å². The van der Waals surface area contributed by atoms with Gasteiger partial charge in [0, 0.05) is 13.1 Å². The average Bonchev–Trinajstić information content (AvgIpc) is 2.54. The van der Waals surface area contributed by atoms with Crippen LogP contribution in [0.15, 0.2) is 6.07 Å². The van der Waals surface area contributed by atoms with E-state index >= 15 is 0 Å². The van der Waals surface area contributed by atoms with E-state index < -0.39 is 0 Å². The van der Waals surface area contributed by atoms with Crippen molar-refractivity contribution in [3.63, 3.8) is 0 Å². The van der Waals surface area contributed by atoms with Gasteiger partial charge >= 0.3 is 0 Å². The molecule has 0 aliphatic carbocycles. The maximum absolute atomic E-state index is 11.5. The smallest absolute Gasteiger partial charge is 0.267 e. The number of aromatic nitrogens is 1. The van der Waals surface area contributed by atoms with Crippen LogP contribution in [0.4, 0.5) is 0 Å². The Balaban J connectivity index is 2.40. The first-order valence-corrected chi connectivity index (χ1v) is 5.43. The van der Waals surface area contributed by atoms with E-state index in [9.17, 15) is 4.79 Å². The van der Waals surface area contributed by atoms with E-state index in [0.717, 1.165) is 13.1 Å². The molecule has 0 fully saturated rings. The molecule has 6 heteroatoms. The van der Waals surface area contributed by atoms with Gasteiger partial charge in [-0.25, -0.2) is 0 Å². The highest BCUT2D eigenvalue weighted by molar-refractivity contribution is 6.41. The summed E-state index contributed by atoms with van der Waals surface area (Å²) in [6, 6.07) is 1.51. The molecule has 1 aromatic heterocycles. The van der Waals surface area contributed by atoms with Crippen LogP contribution in [0.2, 0.25) is 10.2 Å². The zero-order chi connectivity index (χ0) is 11.3. The van der Waals surface area contributed by atoms with E-state index in [1.165, 1.54) is 6.07 Å². The predicted octanol–water partition coefficient (Wildman–Crippen LogP) is 1.66. The lowest BCUT2D eigenvalue weighted by atomic mass is 10.4. The van der Waals surface area contributed by atoms with Gasteiger partial charge in [0.1, 0.15) is 10.8 Å². The molecule has 0 aliphatic heterocycles. The van der Waals surface area contributed by atoms with Crippen molar-refractivity contribution < 1.29 is 4.79 Å². The summed E-state index contributed by atoms with van der Waals surface area (Å²) in [6.07, 6.45) is 0. The Bertz CT molecular complexity index is 319. The molecular weight excluding hydrogens is 237 g/mol. The number of carbonyl (C=O) groups is 1. The second-order valence-corrected chi connectivity index (χ2v) is 3.74. The Kier molecular flexibility index (Phi) is 4.94. The Morgan fingerprint density at radius 1 is 1.47 bits per heavy atom. The predicted molar refractivity (Wildman–Crippen MR) is 61.7 cm³/mol. The fourth-order valence-electron chi connectivity index (χ4n) is 1.06.